The minimum absolute atomic E-state index is 0.122. The van der Waals surface area contributed by atoms with Gasteiger partial charge in [0.1, 0.15) is 24.6 Å². The number of carbonyl (C=O) groups excluding carboxylic acids is 2. The fourth-order valence-corrected chi connectivity index (χ4v) is 3.16. The third-order valence-corrected chi connectivity index (χ3v) is 4.38. The fraction of sp³-hybridized carbons (Fsp3) is 0.526. The van der Waals surface area contributed by atoms with Gasteiger partial charge in [0.25, 0.3) is 0 Å². The van der Waals surface area contributed by atoms with Gasteiger partial charge in [-0.15, -0.1) is 0 Å². The molecule has 8 heteroatoms. The van der Waals surface area contributed by atoms with Gasteiger partial charge in [-0.05, 0) is 44.7 Å². The second-order valence-corrected chi connectivity index (χ2v) is 6.38. The van der Waals surface area contributed by atoms with Gasteiger partial charge in [-0.1, -0.05) is 12.5 Å². The Hall–Kier alpha value is -2.77. The predicted molar refractivity (Wildman–Crippen MR) is 96.2 cm³/mol. The molecule has 3 rings (SSSR count). The van der Waals surface area contributed by atoms with E-state index in [1.807, 2.05) is 6.92 Å². The van der Waals surface area contributed by atoms with Gasteiger partial charge >= 0.3 is 12.1 Å². The van der Waals surface area contributed by atoms with Crippen molar-refractivity contribution < 1.29 is 28.6 Å². The van der Waals surface area contributed by atoms with Gasteiger partial charge in [-0.3, -0.25) is 0 Å². The number of hydrogen-bond donors (Lipinski definition) is 0. The molecule has 1 aliphatic carbocycles. The minimum Gasteiger partial charge on any atom is -0.431 e. The van der Waals surface area contributed by atoms with Crippen molar-refractivity contribution in [1.82, 2.24) is 9.71 Å². The van der Waals surface area contributed by atoms with Crippen LogP contribution in [0.15, 0.2) is 24.5 Å². The summed E-state index contributed by atoms with van der Waals surface area (Å²) >= 11 is 0. The maximum absolute atomic E-state index is 12.5. The smallest absolute Gasteiger partial charge is 0.431 e. The molecule has 0 bridgehead atoms. The van der Waals surface area contributed by atoms with Crippen LogP contribution in [0, 0.1) is 0 Å². The summed E-state index contributed by atoms with van der Waals surface area (Å²) in [6.45, 7) is 3.72. The minimum atomic E-state index is -1.08. The van der Waals surface area contributed by atoms with E-state index < -0.39 is 18.4 Å². The molecule has 27 heavy (non-hydrogen) atoms. The molecule has 1 saturated carbocycles. The number of nitrogens with zero attached hydrogens (tertiary/aromatic N) is 2. The molecule has 1 unspecified atom stereocenters. The van der Waals surface area contributed by atoms with Crippen molar-refractivity contribution in [3.63, 3.8) is 0 Å². The van der Waals surface area contributed by atoms with E-state index in [4.69, 9.17) is 19.0 Å². The van der Waals surface area contributed by atoms with Crippen molar-refractivity contribution in [3.8, 4) is 0 Å². The van der Waals surface area contributed by atoms with Crippen molar-refractivity contribution in [3.05, 3.63) is 30.1 Å². The zero-order chi connectivity index (χ0) is 19.2. The van der Waals surface area contributed by atoms with Gasteiger partial charge < -0.3 is 19.0 Å². The molecule has 0 radical (unpaired) electrons. The van der Waals surface area contributed by atoms with Gasteiger partial charge in [0.15, 0.2) is 0 Å². The number of hydrogen-bond acceptors (Lipinski definition) is 7. The van der Waals surface area contributed by atoms with Gasteiger partial charge in [-0.2, -0.15) is 4.73 Å². The summed E-state index contributed by atoms with van der Waals surface area (Å²) < 4.78 is 17.0. The molecule has 2 aromatic rings. The Kier molecular flexibility index (Phi) is 6.16. The lowest BCUT2D eigenvalue weighted by Crippen LogP contribution is -2.27. The number of para-hydroxylation sites is 1. The van der Waals surface area contributed by atoms with Crippen LogP contribution in [0.4, 0.5) is 4.79 Å². The van der Waals surface area contributed by atoms with Crippen LogP contribution >= 0.6 is 0 Å². The molecule has 8 nitrogen and oxygen atoms in total. The van der Waals surface area contributed by atoms with E-state index in [1.54, 1.807) is 18.2 Å². The summed E-state index contributed by atoms with van der Waals surface area (Å²) in [6, 6.07) is 5.07. The number of carbonyl (C=O) groups is 2. The Labute approximate surface area is 157 Å². The van der Waals surface area contributed by atoms with E-state index in [2.05, 4.69) is 4.98 Å². The van der Waals surface area contributed by atoms with Crippen LogP contribution in [0.25, 0.3) is 11.0 Å². The molecule has 0 N–H and O–H groups in total. The molecule has 1 heterocycles. The molecule has 1 aromatic carbocycles. The van der Waals surface area contributed by atoms with Gasteiger partial charge in [0, 0.05) is 6.92 Å². The highest BCUT2D eigenvalue weighted by atomic mass is 16.8. The molecule has 1 atom stereocenters. The van der Waals surface area contributed by atoms with Crippen LogP contribution < -0.4 is 4.84 Å². The first-order valence-corrected chi connectivity index (χ1v) is 9.26. The first kappa shape index (κ1) is 19.0. The molecule has 146 valence electrons. The normalized spacial score (nSPS) is 15.9. The third kappa shape index (κ3) is 4.69. The van der Waals surface area contributed by atoms with E-state index >= 15 is 0 Å². The van der Waals surface area contributed by atoms with Gasteiger partial charge in [0.2, 0.25) is 6.29 Å². The van der Waals surface area contributed by atoms with Crippen LogP contribution in [0.3, 0.4) is 0 Å². The predicted octanol–water partition coefficient (Wildman–Crippen LogP) is 3.47. The zero-order valence-electron chi connectivity index (χ0n) is 15.6. The molecule has 0 spiro atoms. The van der Waals surface area contributed by atoms with Crippen molar-refractivity contribution in [2.24, 2.45) is 0 Å². The number of esters is 1. The lowest BCUT2D eigenvalue weighted by molar-refractivity contribution is -0.0914. The van der Waals surface area contributed by atoms with E-state index in [9.17, 15) is 9.59 Å². The van der Waals surface area contributed by atoms with E-state index in [1.165, 1.54) is 18.0 Å². The summed E-state index contributed by atoms with van der Waals surface area (Å²) in [7, 11) is 0. The molecule has 0 amide bonds. The lowest BCUT2D eigenvalue weighted by Gasteiger charge is -2.22. The zero-order valence-corrected chi connectivity index (χ0v) is 15.6. The van der Waals surface area contributed by atoms with Gasteiger partial charge in [-0.25, -0.2) is 14.6 Å². The number of benzene rings is 1. The average molecular weight is 376 g/mol. The summed E-state index contributed by atoms with van der Waals surface area (Å²) in [6.07, 6.45) is 4.40. The van der Waals surface area contributed by atoms with Crippen LogP contribution in [-0.4, -0.2) is 40.8 Å². The highest BCUT2D eigenvalue weighted by Crippen LogP contribution is 2.21. The van der Waals surface area contributed by atoms with Gasteiger partial charge in [0.05, 0.1) is 11.1 Å². The molecule has 0 aliphatic heterocycles. The van der Waals surface area contributed by atoms with Crippen molar-refractivity contribution in [2.75, 3.05) is 6.61 Å². The highest BCUT2D eigenvalue weighted by Gasteiger charge is 2.23. The number of fused-ring (bicyclic) bond motifs is 1. The Morgan fingerprint density at radius 3 is 2.74 bits per heavy atom. The van der Waals surface area contributed by atoms with E-state index in [-0.39, 0.29) is 11.7 Å². The number of ether oxygens (including phenoxy) is 3. The Morgan fingerprint density at radius 1 is 1.22 bits per heavy atom. The second kappa shape index (κ2) is 8.75. The summed E-state index contributed by atoms with van der Waals surface area (Å²) in [5.74, 6) is -0.639. The number of rotatable bonds is 6. The topological polar surface area (TPSA) is 88.9 Å². The maximum atomic E-state index is 12.5. The highest BCUT2D eigenvalue weighted by molar-refractivity contribution is 6.02. The first-order valence-electron chi connectivity index (χ1n) is 9.26. The van der Waals surface area contributed by atoms with Crippen LogP contribution in [0.2, 0.25) is 0 Å². The monoisotopic (exact) mass is 376 g/mol. The van der Waals surface area contributed by atoms with Crippen LogP contribution in [-0.2, 0) is 14.2 Å². The van der Waals surface area contributed by atoms with Crippen molar-refractivity contribution in [1.29, 1.82) is 0 Å². The van der Waals surface area contributed by atoms with Crippen LogP contribution in [0.1, 0.15) is 56.3 Å². The Balaban J connectivity index is 1.62. The standard InChI is InChI=1S/C19H24N2O6/c1-3-24-21-12-20-16-11-7-10-15(17(16)21)18(22)25-13(2)26-19(23)27-14-8-5-4-6-9-14/h7,10-14H,3-6,8-9H2,1-2H3. The molecule has 1 fully saturated rings. The van der Waals surface area contributed by atoms with E-state index in [0.717, 1.165) is 32.1 Å². The molecule has 1 aromatic heterocycles. The molecular weight excluding hydrogens is 352 g/mol. The quantitative estimate of drug-likeness (QED) is 0.563. The largest absolute Gasteiger partial charge is 0.511 e. The average Bonchev–Trinajstić information content (AvgIpc) is 3.05. The third-order valence-electron chi connectivity index (χ3n) is 4.38. The summed E-state index contributed by atoms with van der Waals surface area (Å²) in [4.78, 5) is 34.1. The Bertz CT molecular complexity index is 797. The molecular formula is C19H24N2O6. The first-order chi connectivity index (χ1) is 13.1. The SMILES string of the molecule is CCOn1cnc2cccc(C(=O)OC(C)OC(=O)OC3CCCCC3)c21. The van der Waals surface area contributed by atoms with Crippen molar-refractivity contribution >= 4 is 23.2 Å². The van der Waals surface area contributed by atoms with Crippen LogP contribution in [0.5, 0.6) is 0 Å². The fourth-order valence-electron chi connectivity index (χ4n) is 3.16. The number of imidazole rings is 1. The van der Waals surface area contributed by atoms with E-state index in [0.29, 0.717) is 17.6 Å². The maximum Gasteiger partial charge on any atom is 0.511 e. The second-order valence-electron chi connectivity index (χ2n) is 6.38. The number of aromatic nitrogens is 2. The summed E-state index contributed by atoms with van der Waals surface area (Å²) in [5.41, 5.74) is 1.37. The summed E-state index contributed by atoms with van der Waals surface area (Å²) in [5, 5.41) is 0. The Morgan fingerprint density at radius 2 is 2.00 bits per heavy atom. The molecule has 0 saturated heterocycles. The van der Waals surface area contributed by atoms with Crippen molar-refractivity contribution in [2.45, 2.75) is 58.3 Å². The lowest BCUT2D eigenvalue weighted by atomic mass is 9.98. The molecule has 1 aliphatic rings.